The van der Waals surface area contributed by atoms with Gasteiger partial charge in [-0.3, -0.25) is 0 Å². The molecule has 0 amide bonds. The Balaban J connectivity index is 2.67. The van der Waals surface area contributed by atoms with E-state index >= 15 is 0 Å². The van der Waals surface area contributed by atoms with Crippen molar-refractivity contribution in [3.8, 4) is 0 Å². The van der Waals surface area contributed by atoms with E-state index in [0.29, 0.717) is 10.7 Å². The molecular formula is C12H17BrS. The minimum atomic E-state index is 0.337. The van der Waals surface area contributed by atoms with Gasteiger partial charge in [-0.15, -0.1) is 11.8 Å². The summed E-state index contributed by atoms with van der Waals surface area (Å²) in [5.74, 6) is 0. The molecule has 0 aliphatic heterocycles. The van der Waals surface area contributed by atoms with E-state index in [2.05, 4.69) is 67.0 Å². The van der Waals surface area contributed by atoms with Crippen molar-refractivity contribution in [1.82, 2.24) is 0 Å². The van der Waals surface area contributed by atoms with Crippen LogP contribution in [0.5, 0.6) is 0 Å². The maximum atomic E-state index is 3.59. The molecule has 1 rings (SSSR count). The van der Waals surface area contributed by atoms with Crippen molar-refractivity contribution in [3.63, 3.8) is 0 Å². The Morgan fingerprint density at radius 3 is 2.21 bits per heavy atom. The van der Waals surface area contributed by atoms with Gasteiger partial charge in [-0.2, -0.15) is 0 Å². The van der Waals surface area contributed by atoms with Gasteiger partial charge in [-0.05, 0) is 17.5 Å². The number of halogens is 1. The Hall–Kier alpha value is 0.0500. The fraction of sp³-hybridized carbons (Fsp3) is 0.500. The van der Waals surface area contributed by atoms with Crippen LogP contribution < -0.4 is 0 Å². The van der Waals surface area contributed by atoms with Gasteiger partial charge in [0.15, 0.2) is 0 Å². The molecule has 0 N–H and O–H groups in total. The molecule has 2 heteroatoms. The molecule has 14 heavy (non-hydrogen) atoms. The second-order valence-corrected chi connectivity index (χ2v) is 6.36. The van der Waals surface area contributed by atoms with E-state index < -0.39 is 0 Å². The first-order valence-corrected chi connectivity index (χ1v) is 6.82. The summed E-state index contributed by atoms with van der Waals surface area (Å²) in [6, 6.07) is 10.6. The molecule has 1 unspecified atom stereocenters. The number of alkyl halides is 1. The molecule has 78 valence electrons. The van der Waals surface area contributed by atoms with E-state index in [0.717, 1.165) is 5.33 Å². The van der Waals surface area contributed by atoms with Crippen molar-refractivity contribution in [3.05, 3.63) is 30.3 Å². The lowest BCUT2D eigenvalue weighted by Crippen LogP contribution is -2.24. The van der Waals surface area contributed by atoms with Crippen LogP contribution in [0.3, 0.4) is 0 Å². The van der Waals surface area contributed by atoms with Crippen molar-refractivity contribution in [2.45, 2.75) is 30.9 Å². The summed E-state index contributed by atoms with van der Waals surface area (Å²) in [5.41, 5.74) is 0.337. The lowest BCUT2D eigenvalue weighted by Gasteiger charge is -2.28. The van der Waals surface area contributed by atoms with Gasteiger partial charge in [0.1, 0.15) is 0 Å². The van der Waals surface area contributed by atoms with Crippen molar-refractivity contribution >= 4 is 27.7 Å². The molecule has 0 fully saturated rings. The SMILES string of the molecule is CC(C)(C)C(CBr)Sc1ccccc1. The zero-order valence-corrected chi connectivity index (χ0v) is 11.4. The van der Waals surface area contributed by atoms with E-state index in [1.165, 1.54) is 4.90 Å². The molecule has 0 saturated carbocycles. The summed E-state index contributed by atoms with van der Waals surface area (Å²) < 4.78 is 0. The molecule has 0 saturated heterocycles. The van der Waals surface area contributed by atoms with E-state index in [1.54, 1.807) is 0 Å². The average Bonchev–Trinajstić information content (AvgIpc) is 2.14. The zero-order chi connectivity index (χ0) is 10.6. The van der Waals surface area contributed by atoms with Gasteiger partial charge in [0.05, 0.1) is 0 Å². The van der Waals surface area contributed by atoms with Crippen LogP contribution in [-0.2, 0) is 0 Å². The minimum absolute atomic E-state index is 0.337. The Morgan fingerprint density at radius 1 is 1.21 bits per heavy atom. The van der Waals surface area contributed by atoms with Crippen LogP contribution in [0, 0.1) is 5.41 Å². The van der Waals surface area contributed by atoms with Crippen molar-refractivity contribution in [2.75, 3.05) is 5.33 Å². The minimum Gasteiger partial charge on any atom is -0.121 e. The summed E-state index contributed by atoms with van der Waals surface area (Å²) in [4.78, 5) is 1.35. The first-order chi connectivity index (χ1) is 6.54. The molecule has 1 aromatic carbocycles. The maximum absolute atomic E-state index is 3.59. The molecule has 1 aromatic rings. The summed E-state index contributed by atoms with van der Waals surface area (Å²) in [7, 11) is 0. The average molecular weight is 273 g/mol. The Bertz CT molecular complexity index is 263. The summed E-state index contributed by atoms with van der Waals surface area (Å²) in [6.07, 6.45) is 0. The molecule has 0 spiro atoms. The van der Waals surface area contributed by atoms with E-state index in [1.807, 2.05) is 11.8 Å². The lowest BCUT2D eigenvalue weighted by molar-refractivity contribution is 0.415. The monoisotopic (exact) mass is 272 g/mol. The van der Waals surface area contributed by atoms with Gasteiger partial charge >= 0.3 is 0 Å². The summed E-state index contributed by atoms with van der Waals surface area (Å²) >= 11 is 5.54. The van der Waals surface area contributed by atoms with Crippen LogP contribution >= 0.6 is 27.7 Å². The molecule has 0 aliphatic rings. The quantitative estimate of drug-likeness (QED) is 0.573. The highest BCUT2D eigenvalue weighted by molar-refractivity contribution is 9.09. The van der Waals surface area contributed by atoms with Crippen LogP contribution in [0.15, 0.2) is 35.2 Å². The molecule has 0 bridgehead atoms. The Kier molecular flexibility index (Phi) is 4.52. The van der Waals surface area contributed by atoms with Crippen LogP contribution in [0.4, 0.5) is 0 Å². The predicted octanol–water partition coefficient (Wildman–Crippen LogP) is 4.59. The van der Waals surface area contributed by atoms with Gasteiger partial charge in [0.25, 0.3) is 0 Å². The van der Waals surface area contributed by atoms with Crippen molar-refractivity contribution in [1.29, 1.82) is 0 Å². The summed E-state index contributed by atoms with van der Waals surface area (Å²) in [5, 5.41) is 1.65. The highest BCUT2D eigenvalue weighted by atomic mass is 79.9. The largest absolute Gasteiger partial charge is 0.121 e. The van der Waals surface area contributed by atoms with Gasteiger partial charge in [-0.1, -0.05) is 54.9 Å². The maximum Gasteiger partial charge on any atom is 0.0240 e. The molecule has 0 nitrogen and oxygen atoms in total. The summed E-state index contributed by atoms with van der Waals surface area (Å²) in [6.45, 7) is 6.86. The van der Waals surface area contributed by atoms with Crippen LogP contribution in [0.25, 0.3) is 0 Å². The molecule has 0 aromatic heterocycles. The Labute approximate surface area is 99.6 Å². The van der Waals surface area contributed by atoms with Crippen LogP contribution in [0.1, 0.15) is 20.8 Å². The third-order valence-electron chi connectivity index (χ3n) is 2.13. The number of hydrogen-bond acceptors (Lipinski definition) is 1. The molecule has 0 radical (unpaired) electrons. The highest BCUT2D eigenvalue weighted by Gasteiger charge is 2.24. The number of thioether (sulfide) groups is 1. The molecule has 0 heterocycles. The van der Waals surface area contributed by atoms with Gasteiger partial charge in [-0.25, -0.2) is 0 Å². The second kappa shape index (κ2) is 5.22. The third-order valence-corrected chi connectivity index (χ3v) is 4.91. The number of benzene rings is 1. The first kappa shape index (κ1) is 12.1. The molecule has 1 atom stereocenters. The number of hydrogen-bond donors (Lipinski definition) is 0. The van der Waals surface area contributed by atoms with Crippen molar-refractivity contribution < 1.29 is 0 Å². The zero-order valence-electron chi connectivity index (χ0n) is 8.96. The fourth-order valence-electron chi connectivity index (χ4n) is 1.10. The normalized spacial score (nSPS) is 14.0. The third kappa shape index (κ3) is 3.66. The lowest BCUT2D eigenvalue weighted by atomic mass is 9.93. The fourth-order valence-corrected chi connectivity index (χ4v) is 3.53. The first-order valence-electron chi connectivity index (χ1n) is 4.81. The van der Waals surface area contributed by atoms with Crippen molar-refractivity contribution in [2.24, 2.45) is 5.41 Å². The number of rotatable bonds is 3. The topological polar surface area (TPSA) is 0 Å². The van der Waals surface area contributed by atoms with Gasteiger partial charge in [0, 0.05) is 15.5 Å². The molecule has 0 aliphatic carbocycles. The highest BCUT2D eigenvalue weighted by Crippen LogP contribution is 2.36. The molecular weight excluding hydrogens is 256 g/mol. The van der Waals surface area contributed by atoms with Crippen LogP contribution in [-0.4, -0.2) is 10.6 Å². The van der Waals surface area contributed by atoms with Gasteiger partial charge in [0.2, 0.25) is 0 Å². The van der Waals surface area contributed by atoms with Crippen LogP contribution in [0.2, 0.25) is 0 Å². The Morgan fingerprint density at radius 2 is 1.79 bits per heavy atom. The van der Waals surface area contributed by atoms with Gasteiger partial charge < -0.3 is 0 Å². The van der Waals surface area contributed by atoms with E-state index in [-0.39, 0.29) is 0 Å². The standard InChI is InChI=1S/C12H17BrS/c1-12(2,3)11(9-13)14-10-7-5-4-6-8-10/h4-8,11H,9H2,1-3H3. The predicted molar refractivity (Wildman–Crippen MR) is 69.3 cm³/mol. The van der Waals surface area contributed by atoms with E-state index in [9.17, 15) is 0 Å². The second-order valence-electron chi connectivity index (χ2n) is 4.44. The smallest absolute Gasteiger partial charge is 0.0240 e. The van der Waals surface area contributed by atoms with E-state index in [4.69, 9.17) is 0 Å².